The number of hydrogen-bond acceptors (Lipinski definition) is 3. The standard InChI is InChI=1S/C14H28N4OS.HI/c1-5-8-15-13(16-10-12(19)18(3)4)17-11-14(2)7-6-9-20-14;/h5-11H2,1-4H3,(H2,15,16,17);1H. The molecular weight excluding hydrogens is 399 g/mol. The van der Waals surface area contributed by atoms with Gasteiger partial charge in [0.1, 0.15) is 6.54 Å². The van der Waals surface area contributed by atoms with Gasteiger partial charge in [0, 0.05) is 31.9 Å². The minimum absolute atomic E-state index is 0. The maximum Gasteiger partial charge on any atom is 0.243 e. The second kappa shape index (κ2) is 10.5. The van der Waals surface area contributed by atoms with Crippen molar-refractivity contribution in [2.75, 3.05) is 39.5 Å². The van der Waals surface area contributed by atoms with Crippen LogP contribution in [0.1, 0.15) is 33.1 Å². The van der Waals surface area contributed by atoms with Gasteiger partial charge in [0.25, 0.3) is 0 Å². The minimum atomic E-state index is 0. The first-order valence-electron chi connectivity index (χ1n) is 7.33. The average Bonchev–Trinajstić information content (AvgIpc) is 2.84. The number of likely N-dealkylation sites (N-methyl/N-ethyl adjacent to an activating group) is 1. The van der Waals surface area contributed by atoms with Crippen molar-refractivity contribution < 1.29 is 4.79 Å². The molecule has 0 bridgehead atoms. The molecule has 0 aromatic rings. The molecule has 0 aromatic heterocycles. The van der Waals surface area contributed by atoms with Gasteiger partial charge < -0.3 is 15.5 Å². The van der Waals surface area contributed by atoms with Crippen molar-refractivity contribution in [2.24, 2.45) is 4.99 Å². The molecule has 1 amide bonds. The second-order valence-corrected chi connectivity index (χ2v) is 7.32. The zero-order chi connectivity index (χ0) is 15.0. The van der Waals surface area contributed by atoms with Crippen molar-refractivity contribution in [1.82, 2.24) is 15.5 Å². The SMILES string of the molecule is CCCNC(=NCC(=O)N(C)C)NCC1(C)CCCS1.I. The number of hydrogen-bond donors (Lipinski definition) is 2. The van der Waals surface area contributed by atoms with Gasteiger partial charge in [-0.2, -0.15) is 11.8 Å². The summed E-state index contributed by atoms with van der Waals surface area (Å²) < 4.78 is 0.292. The largest absolute Gasteiger partial charge is 0.356 e. The van der Waals surface area contributed by atoms with Crippen LogP contribution in [0.5, 0.6) is 0 Å². The van der Waals surface area contributed by atoms with E-state index in [1.807, 2.05) is 11.8 Å². The van der Waals surface area contributed by atoms with Crippen LogP contribution >= 0.6 is 35.7 Å². The maximum atomic E-state index is 11.6. The van der Waals surface area contributed by atoms with Crippen LogP contribution in [0.3, 0.4) is 0 Å². The van der Waals surface area contributed by atoms with Gasteiger partial charge >= 0.3 is 0 Å². The first-order chi connectivity index (χ1) is 9.47. The summed E-state index contributed by atoms with van der Waals surface area (Å²) in [6.07, 6.45) is 3.56. The fraction of sp³-hybridized carbons (Fsp3) is 0.857. The molecule has 0 spiro atoms. The van der Waals surface area contributed by atoms with E-state index < -0.39 is 0 Å². The highest BCUT2D eigenvalue weighted by molar-refractivity contribution is 14.0. The van der Waals surface area contributed by atoms with Gasteiger partial charge in [-0.15, -0.1) is 24.0 Å². The van der Waals surface area contributed by atoms with Gasteiger partial charge in [0.15, 0.2) is 5.96 Å². The monoisotopic (exact) mass is 428 g/mol. The summed E-state index contributed by atoms with van der Waals surface area (Å²) in [5.74, 6) is 2.01. The molecule has 0 aliphatic carbocycles. The Bertz CT molecular complexity index is 344. The number of nitrogens with zero attached hydrogens (tertiary/aromatic N) is 2. The predicted octanol–water partition coefficient (Wildman–Crippen LogP) is 1.92. The quantitative estimate of drug-likeness (QED) is 0.386. The zero-order valence-electron chi connectivity index (χ0n) is 13.6. The Hall–Kier alpha value is -0.180. The van der Waals surface area contributed by atoms with Gasteiger partial charge in [-0.05, 0) is 31.9 Å². The van der Waals surface area contributed by atoms with E-state index in [2.05, 4.69) is 29.5 Å². The molecule has 1 fully saturated rings. The highest BCUT2D eigenvalue weighted by Crippen LogP contribution is 2.36. The third-order valence-electron chi connectivity index (χ3n) is 3.34. The van der Waals surface area contributed by atoms with Gasteiger partial charge in [0.2, 0.25) is 5.91 Å². The fourth-order valence-electron chi connectivity index (χ4n) is 1.95. The van der Waals surface area contributed by atoms with Crippen molar-refractivity contribution in [3.63, 3.8) is 0 Å². The molecule has 2 N–H and O–H groups in total. The van der Waals surface area contributed by atoms with E-state index >= 15 is 0 Å². The molecule has 5 nitrogen and oxygen atoms in total. The van der Waals surface area contributed by atoms with E-state index in [1.54, 1.807) is 19.0 Å². The third-order valence-corrected chi connectivity index (χ3v) is 4.88. The molecule has 1 saturated heterocycles. The van der Waals surface area contributed by atoms with Crippen molar-refractivity contribution in [3.8, 4) is 0 Å². The lowest BCUT2D eigenvalue weighted by molar-refractivity contribution is -0.127. The van der Waals surface area contributed by atoms with Crippen LogP contribution in [-0.2, 0) is 4.79 Å². The van der Waals surface area contributed by atoms with Gasteiger partial charge in [-0.1, -0.05) is 6.92 Å². The smallest absolute Gasteiger partial charge is 0.243 e. The number of amides is 1. The Morgan fingerprint density at radius 2 is 2.10 bits per heavy atom. The summed E-state index contributed by atoms with van der Waals surface area (Å²) in [4.78, 5) is 17.5. The minimum Gasteiger partial charge on any atom is -0.356 e. The van der Waals surface area contributed by atoms with E-state index in [4.69, 9.17) is 0 Å². The second-order valence-electron chi connectivity index (χ2n) is 5.64. The van der Waals surface area contributed by atoms with Gasteiger partial charge in [-0.3, -0.25) is 4.79 Å². The van der Waals surface area contributed by atoms with Crippen LogP contribution in [0.4, 0.5) is 0 Å². The van der Waals surface area contributed by atoms with Crippen LogP contribution in [0.2, 0.25) is 0 Å². The molecule has 1 unspecified atom stereocenters. The predicted molar refractivity (Wildman–Crippen MR) is 103 cm³/mol. The third kappa shape index (κ3) is 8.13. The number of nitrogens with one attached hydrogen (secondary N) is 2. The van der Waals surface area contributed by atoms with Crippen LogP contribution in [0.15, 0.2) is 4.99 Å². The summed E-state index contributed by atoms with van der Waals surface area (Å²) in [7, 11) is 3.50. The van der Waals surface area contributed by atoms with Crippen LogP contribution in [0.25, 0.3) is 0 Å². The molecular formula is C14H29IN4OS. The Morgan fingerprint density at radius 3 is 2.62 bits per heavy atom. The lowest BCUT2D eigenvalue weighted by Crippen LogP contribution is -2.44. The molecule has 7 heteroatoms. The van der Waals surface area contributed by atoms with Crippen molar-refractivity contribution in [2.45, 2.75) is 37.9 Å². The Morgan fingerprint density at radius 1 is 1.38 bits per heavy atom. The highest BCUT2D eigenvalue weighted by Gasteiger charge is 2.29. The molecule has 21 heavy (non-hydrogen) atoms. The summed E-state index contributed by atoms with van der Waals surface area (Å²) >= 11 is 2.02. The number of rotatable bonds is 6. The van der Waals surface area contributed by atoms with Crippen molar-refractivity contribution >= 4 is 47.6 Å². The summed E-state index contributed by atoms with van der Waals surface area (Å²) in [6.45, 7) is 6.36. The summed E-state index contributed by atoms with van der Waals surface area (Å²) in [6, 6.07) is 0. The maximum absolute atomic E-state index is 11.6. The molecule has 0 aromatic carbocycles. The van der Waals surface area contributed by atoms with E-state index in [1.165, 1.54) is 18.6 Å². The molecule has 1 aliphatic heterocycles. The number of aliphatic imine (C=N–C) groups is 1. The summed E-state index contributed by atoms with van der Waals surface area (Å²) in [5.41, 5.74) is 0. The Balaban J connectivity index is 0.00000400. The lowest BCUT2D eigenvalue weighted by Gasteiger charge is -2.24. The highest BCUT2D eigenvalue weighted by atomic mass is 127. The van der Waals surface area contributed by atoms with Crippen LogP contribution in [-0.4, -0.2) is 61.0 Å². The summed E-state index contributed by atoms with van der Waals surface area (Å²) in [5, 5.41) is 6.64. The number of carbonyl (C=O) groups excluding carboxylic acids is 1. The van der Waals surface area contributed by atoms with Gasteiger partial charge in [-0.25, -0.2) is 4.99 Å². The molecule has 1 rings (SSSR count). The molecule has 1 heterocycles. The first-order valence-corrected chi connectivity index (χ1v) is 8.32. The van der Waals surface area contributed by atoms with Gasteiger partial charge in [0.05, 0.1) is 0 Å². The Labute approximate surface area is 150 Å². The fourth-order valence-corrected chi connectivity index (χ4v) is 3.20. The van der Waals surface area contributed by atoms with E-state index in [9.17, 15) is 4.79 Å². The Kier molecular flexibility index (Phi) is 10.4. The first kappa shape index (κ1) is 20.8. The molecule has 1 aliphatic rings. The van der Waals surface area contributed by atoms with Crippen molar-refractivity contribution in [1.29, 1.82) is 0 Å². The average molecular weight is 428 g/mol. The van der Waals surface area contributed by atoms with Crippen LogP contribution in [0, 0.1) is 0 Å². The number of halogens is 1. The number of thioether (sulfide) groups is 1. The van der Waals surface area contributed by atoms with E-state index in [0.29, 0.717) is 4.75 Å². The van der Waals surface area contributed by atoms with E-state index in [-0.39, 0.29) is 36.4 Å². The normalized spacial score (nSPS) is 21.6. The molecule has 1 atom stereocenters. The topological polar surface area (TPSA) is 56.7 Å². The molecule has 0 radical (unpaired) electrons. The number of guanidine groups is 1. The zero-order valence-corrected chi connectivity index (χ0v) is 16.7. The molecule has 124 valence electrons. The van der Waals surface area contributed by atoms with Crippen molar-refractivity contribution in [3.05, 3.63) is 0 Å². The lowest BCUT2D eigenvalue weighted by atomic mass is 10.1. The number of carbonyl (C=O) groups is 1. The molecule has 0 saturated carbocycles. The van der Waals surface area contributed by atoms with E-state index in [0.717, 1.165) is 25.5 Å². The van der Waals surface area contributed by atoms with Crippen LogP contribution < -0.4 is 10.6 Å².